The number of hydrogen-bond acceptors (Lipinski definition) is 4. The summed E-state index contributed by atoms with van der Waals surface area (Å²) in [6.45, 7) is 7.27. The smallest absolute Gasteiger partial charge is 0.224 e. The quantitative estimate of drug-likeness (QED) is 0.714. The molecule has 0 unspecified atom stereocenters. The lowest BCUT2D eigenvalue weighted by Gasteiger charge is -2.19. The van der Waals surface area contributed by atoms with Gasteiger partial charge in [-0.15, -0.1) is 13.2 Å². The third-order valence-corrected chi connectivity index (χ3v) is 5.47. The zero-order valence-electron chi connectivity index (χ0n) is 11.2. The first-order valence-corrected chi connectivity index (χ1v) is 9.08. The molecule has 5 nitrogen and oxygen atoms in total. The van der Waals surface area contributed by atoms with Gasteiger partial charge in [0.15, 0.2) is 9.84 Å². The zero-order chi connectivity index (χ0) is 15.4. The average molecular weight is 315 g/mol. The van der Waals surface area contributed by atoms with Crippen molar-refractivity contribution in [3.05, 3.63) is 49.6 Å². The van der Waals surface area contributed by atoms with E-state index in [2.05, 4.69) is 13.2 Å². The van der Waals surface area contributed by atoms with Crippen LogP contribution in [0.4, 0.5) is 0 Å². The molecule has 0 amide bonds. The summed E-state index contributed by atoms with van der Waals surface area (Å²) in [7, 11) is -7.24. The van der Waals surface area contributed by atoms with E-state index >= 15 is 0 Å². The first-order valence-electron chi connectivity index (χ1n) is 5.75. The molecule has 0 fully saturated rings. The van der Waals surface area contributed by atoms with Gasteiger partial charge in [-0.3, -0.25) is 0 Å². The van der Waals surface area contributed by atoms with Gasteiger partial charge in [0, 0.05) is 19.3 Å². The standard InChI is InChI=1S/C13H17NO4S2/c1-4-9-14(10-5-2)20(17,18)13-8-6-7-12(11-13)19(3,15)16/h4-8,11H,1-2,9-10H2,3H3. The number of sulfonamides is 1. The Bertz CT molecular complexity index is 696. The first kappa shape index (κ1) is 16.6. The van der Waals surface area contributed by atoms with Crippen LogP contribution in [0.15, 0.2) is 59.4 Å². The van der Waals surface area contributed by atoms with E-state index in [0.29, 0.717) is 0 Å². The van der Waals surface area contributed by atoms with Crippen molar-refractivity contribution in [2.24, 2.45) is 0 Å². The number of nitrogens with zero attached hydrogens (tertiary/aromatic N) is 1. The second kappa shape index (κ2) is 6.34. The van der Waals surface area contributed by atoms with E-state index in [9.17, 15) is 16.8 Å². The molecule has 0 atom stereocenters. The molecule has 0 saturated heterocycles. The highest BCUT2D eigenvalue weighted by Crippen LogP contribution is 2.19. The molecular formula is C13H17NO4S2. The molecule has 1 rings (SSSR count). The highest BCUT2D eigenvalue weighted by Gasteiger charge is 2.23. The van der Waals surface area contributed by atoms with Crippen LogP contribution in [-0.4, -0.2) is 40.5 Å². The maximum atomic E-state index is 12.4. The highest BCUT2D eigenvalue weighted by atomic mass is 32.2. The molecule has 20 heavy (non-hydrogen) atoms. The Kier molecular flexibility index (Phi) is 5.27. The number of hydrogen-bond donors (Lipinski definition) is 0. The Labute approximate surface area is 120 Å². The van der Waals surface area contributed by atoms with Crippen molar-refractivity contribution in [3.63, 3.8) is 0 Å². The second-order valence-corrected chi connectivity index (χ2v) is 8.10. The fraction of sp³-hybridized carbons (Fsp3) is 0.231. The van der Waals surface area contributed by atoms with Crippen LogP contribution in [0, 0.1) is 0 Å². The van der Waals surface area contributed by atoms with Crippen molar-refractivity contribution in [2.45, 2.75) is 9.79 Å². The highest BCUT2D eigenvalue weighted by molar-refractivity contribution is 7.91. The maximum Gasteiger partial charge on any atom is 0.243 e. The molecule has 0 aliphatic rings. The van der Waals surface area contributed by atoms with E-state index in [1.165, 1.54) is 30.4 Å². The van der Waals surface area contributed by atoms with Gasteiger partial charge in [0.25, 0.3) is 0 Å². The summed E-state index contributed by atoms with van der Waals surface area (Å²) < 4.78 is 49.0. The lowest BCUT2D eigenvalue weighted by molar-refractivity contribution is 0.474. The van der Waals surface area contributed by atoms with E-state index in [-0.39, 0.29) is 22.9 Å². The molecule has 110 valence electrons. The van der Waals surface area contributed by atoms with Gasteiger partial charge in [-0.2, -0.15) is 4.31 Å². The number of benzene rings is 1. The van der Waals surface area contributed by atoms with Crippen molar-refractivity contribution in [1.82, 2.24) is 4.31 Å². The van der Waals surface area contributed by atoms with Gasteiger partial charge in [-0.05, 0) is 18.2 Å². The Morgan fingerprint density at radius 1 is 1.05 bits per heavy atom. The molecule has 0 heterocycles. The summed E-state index contributed by atoms with van der Waals surface area (Å²) in [6.07, 6.45) is 3.95. The summed E-state index contributed by atoms with van der Waals surface area (Å²) >= 11 is 0. The van der Waals surface area contributed by atoms with E-state index in [1.807, 2.05) is 0 Å². The fourth-order valence-corrected chi connectivity index (χ4v) is 3.74. The van der Waals surface area contributed by atoms with Gasteiger partial charge in [-0.1, -0.05) is 18.2 Å². The van der Waals surface area contributed by atoms with Crippen LogP contribution in [-0.2, 0) is 19.9 Å². The maximum absolute atomic E-state index is 12.4. The Balaban J connectivity index is 3.34. The van der Waals surface area contributed by atoms with Crippen LogP contribution in [0.25, 0.3) is 0 Å². The Hall–Kier alpha value is -1.44. The summed E-state index contributed by atoms with van der Waals surface area (Å²) in [6, 6.07) is 5.29. The van der Waals surface area contributed by atoms with Gasteiger partial charge < -0.3 is 0 Å². The van der Waals surface area contributed by atoms with Crippen LogP contribution in [0.1, 0.15) is 0 Å². The third-order valence-electron chi connectivity index (χ3n) is 2.54. The van der Waals surface area contributed by atoms with Crippen molar-refractivity contribution in [1.29, 1.82) is 0 Å². The predicted octanol–water partition coefficient (Wildman–Crippen LogP) is 1.45. The molecule has 0 spiro atoms. The average Bonchev–Trinajstić information content (AvgIpc) is 2.37. The monoisotopic (exact) mass is 315 g/mol. The fourth-order valence-electron chi connectivity index (χ4n) is 1.57. The van der Waals surface area contributed by atoms with Crippen molar-refractivity contribution in [2.75, 3.05) is 19.3 Å². The van der Waals surface area contributed by atoms with Gasteiger partial charge in [0.1, 0.15) is 0 Å². The SMILES string of the molecule is C=CCN(CC=C)S(=O)(=O)c1cccc(S(C)(=O)=O)c1. The minimum absolute atomic E-state index is 0.0317. The van der Waals surface area contributed by atoms with Gasteiger partial charge in [0.05, 0.1) is 9.79 Å². The molecule has 0 saturated carbocycles. The molecule has 0 radical (unpaired) electrons. The van der Waals surface area contributed by atoms with E-state index in [4.69, 9.17) is 0 Å². The first-order chi connectivity index (χ1) is 9.23. The largest absolute Gasteiger partial charge is 0.243 e. The summed E-state index contributed by atoms with van der Waals surface area (Å²) in [5, 5.41) is 0. The van der Waals surface area contributed by atoms with Crippen LogP contribution < -0.4 is 0 Å². The predicted molar refractivity (Wildman–Crippen MR) is 78.7 cm³/mol. The topological polar surface area (TPSA) is 71.5 Å². The molecule has 0 aromatic heterocycles. The molecule has 1 aromatic rings. The molecule has 0 N–H and O–H groups in total. The Morgan fingerprint density at radius 3 is 2.00 bits per heavy atom. The van der Waals surface area contributed by atoms with Crippen LogP contribution in [0.5, 0.6) is 0 Å². The molecular weight excluding hydrogens is 298 g/mol. The minimum Gasteiger partial charge on any atom is -0.224 e. The molecule has 1 aromatic carbocycles. The van der Waals surface area contributed by atoms with E-state index in [1.54, 1.807) is 0 Å². The lowest BCUT2D eigenvalue weighted by Crippen LogP contribution is -2.31. The molecule has 0 aliphatic heterocycles. The summed E-state index contributed by atoms with van der Waals surface area (Å²) in [5.41, 5.74) is 0. The lowest BCUT2D eigenvalue weighted by atomic mass is 10.4. The normalized spacial score (nSPS) is 12.3. The van der Waals surface area contributed by atoms with Crippen molar-refractivity contribution >= 4 is 19.9 Å². The summed E-state index contributed by atoms with van der Waals surface area (Å²) in [5.74, 6) is 0. The van der Waals surface area contributed by atoms with Gasteiger partial charge in [0.2, 0.25) is 10.0 Å². The van der Waals surface area contributed by atoms with Crippen molar-refractivity contribution in [3.8, 4) is 0 Å². The summed E-state index contributed by atoms with van der Waals surface area (Å²) in [4.78, 5) is -0.0974. The van der Waals surface area contributed by atoms with Crippen LogP contribution in [0.2, 0.25) is 0 Å². The van der Waals surface area contributed by atoms with Crippen LogP contribution >= 0.6 is 0 Å². The minimum atomic E-state index is -3.78. The molecule has 0 bridgehead atoms. The third kappa shape index (κ3) is 3.78. The zero-order valence-corrected chi connectivity index (χ0v) is 12.8. The molecule has 0 aliphatic carbocycles. The van der Waals surface area contributed by atoms with Crippen molar-refractivity contribution < 1.29 is 16.8 Å². The van der Waals surface area contributed by atoms with Crippen LogP contribution in [0.3, 0.4) is 0 Å². The van der Waals surface area contributed by atoms with E-state index < -0.39 is 19.9 Å². The van der Waals surface area contributed by atoms with Gasteiger partial charge in [-0.25, -0.2) is 16.8 Å². The van der Waals surface area contributed by atoms with Gasteiger partial charge >= 0.3 is 0 Å². The number of sulfone groups is 1. The molecule has 7 heteroatoms. The van der Waals surface area contributed by atoms with E-state index in [0.717, 1.165) is 16.6 Å². The Morgan fingerprint density at radius 2 is 1.55 bits per heavy atom. The second-order valence-electron chi connectivity index (χ2n) is 4.15. The number of rotatable bonds is 7.